The summed E-state index contributed by atoms with van der Waals surface area (Å²) in [7, 11) is 0. The molecule has 4 aromatic heterocycles. The van der Waals surface area contributed by atoms with Gasteiger partial charge >= 0.3 is 17.1 Å². The van der Waals surface area contributed by atoms with E-state index >= 15 is 0 Å². The molecular weight excluding hydrogens is 543 g/mol. The molecule has 0 N–H and O–H groups in total. The Kier molecular flexibility index (Phi) is 11.2. The molecule has 6 aromatic rings. The largest absolute Gasteiger partial charge is 2.00 e. The van der Waals surface area contributed by atoms with E-state index in [0.29, 0.717) is 0 Å². The van der Waals surface area contributed by atoms with Crippen molar-refractivity contribution in [2.24, 2.45) is 0 Å². The first-order valence-electron chi connectivity index (χ1n) is 10.8. The van der Waals surface area contributed by atoms with Crippen molar-refractivity contribution < 1.29 is 34.1 Å². The molecule has 0 unspecified atom stereocenters. The van der Waals surface area contributed by atoms with Crippen LogP contribution in [-0.2, 0) is 34.1 Å². The molecule has 0 aliphatic heterocycles. The Morgan fingerprint density at radius 2 is 0.528 bits per heavy atom. The summed E-state index contributed by atoms with van der Waals surface area (Å²) in [5.41, 5.74) is 8.13. The van der Waals surface area contributed by atoms with Crippen LogP contribution in [-0.4, -0.2) is 19.9 Å². The standard InChI is InChI=1S/2C14H12N2.2CH3.2Cu/c2*1-9-3-5-11-7-8-12-6-4-10(2)16-14(12)13(11)15-9;;;;/h2*3-8H,1-2H3;2*1H3;;/q;;2*-1;;+2. The fourth-order valence-electron chi connectivity index (χ4n) is 3.93. The first-order valence-corrected chi connectivity index (χ1v) is 10.8. The monoisotopic (exact) mass is 572 g/mol. The molecule has 0 fully saturated rings. The van der Waals surface area contributed by atoms with E-state index in [-0.39, 0.29) is 49.0 Å². The second kappa shape index (κ2) is 12.9. The van der Waals surface area contributed by atoms with Gasteiger partial charge in [0.15, 0.2) is 0 Å². The van der Waals surface area contributed by atoms with E-state index in [1.807, 2.05) is 52.0 Å². The third-order valence-electron chi connectivity index (χ3n) is 5.60. The van der Waals surface area contributed by atoms with Gasteiger partial charge < -0.3 is 14.9 Å². The Labute approximate surface area is 234 Å². The minimum absolute atomic E-state index is 0. The van der Waals surface area contributed by atoms with Crippen molar-refractivity contribution in [1.29, 1.82) is 0 Å². The minimum atomic E-state index is 0. The predicted octanol–water partition coefficient (Wildman–Crippen LogP) is 7.70. The summed E-state index contributed by atoms with van der Waals surface area (Å²) in [5.74, 6) is 0. The quantitative estimate of drug-likeness (QED) is 0.106. The van der Waals surface area contributed by atoms with Crippen LogP contribution in [0.4, 0.5) is 0 Å². The van der Waals surface area contributed by atoms with Crippen molar-refractivity contribution >= 4 is 43.6 Å². The number of aryl methyl sites for hydroxylation is 4. The van der Waals surface area contributed by atoms with Crippen LogP contribution in [0.5, 0.6) is 0 Å². The Hall–Kier alpha value is -2.88. The van der Waals surface area contributed by atoms with Gasteiger partial charge in [0, 0.05) is 61.4 Å². The number of pyridine rings is 4. The van der Waals surface area contributed by atoms with Gasteiger partial charge in [-0.2, -0.15) is 0 Å². The molecular formula is C30H30Cu2N4. The van der Waals surface area contributed by atoms with Crippen molar-refractivity contribution in [3.63, 3.8) is 0 Å². The van der Waals surface area contributed by atoms with E-state index in [9.17, 15) is 0 Å². The molecule has 0 saturated heterocycles. The average Bonchev–Trinajstić information content (AvgIpc) is 2.79. The number of aromatic nitrogens is 4. The van der Waals surface area contributed by atoms with Gasteiger partial charge in [-0.15, -0.1) is 0 Å². The maximum atomic E-state index is 4.58. The Balaban J connectivity index is 0.000000324. The van der Waals surface area contributed by atoms with Crippen molar-refractivity contribution in [1.82, 2.24) is 19.9 Å². The molecule has 192 valence electrons. The molecule has 0 amide bonds. The van der Waals surface area contributed by atoms with E-state index in [4.69, 9.17) is 0 Å². The molecule has 0 aliphatic rings. The maximum absolute atomic E-state index is 4.58. The molecule has 4 nitrogen and oxygen atoms in total. The summed E-state index contributed by atoms with van der Waals surface area (Å²) in [6.45, 7) is 8.03. The number of rotatable bonds is 0. The van der Waals surface area contributed by atoms with Gasteiger partial charge in [-0.05, 0) is 52.0 Å². The topological polar surface area (TPSA) is 51.6 Å². The summed E-state index contributed by atoms with van der Waals surface area (Å²) >= 11 is 0. The molecule has 0 saturated carbocycles. The van der Waals surface area contributed by atoms with Gasteiger partial charge in [0.25, 0.3) is 0 Å². The Morgan fingerprint density at radius 3 is 0.722 bits per heavy atom. The number of hydrogen-bond acceptors (Lipinski definition) is 4. The van der Waals surface area contributed by atoms with Crippen molar-refractivity contribution in [2.75, 3.05) is 0 Å². The Morgan fingerprint density at radius 1 is 0.361 bits per heavy atom. The third-order valence-corrected chi connectivity index (χ3v) is 5.60. The third kappa shape index (κ3) is 6.27. The van der Waals surface area contributed by atoms with Crippen LogP contribution in [0.1, 0.15) is 22.8 Å². The van der Waals surface area contributed by atoms with Gasteiger partial charge in [0.2, 0.25) is 0 Å². The van der Waals surface area contributed by atoms with Crippen LogP contribution < -0.4 is 0 Å². The van der Waals surface area contributed by atoms with Gasteiger partial charge in [-0.1, -0.05) is 48.5 Å². The van der Waals surface area contributed by atoms with E-state index in [0.717, 1.165) is 66.4 Å². The van der Waals surface area contributed by atoms with Gasteiger partial charge in [-0.25, -0.2) is 0 Å². The van der Waals surface area contributed by atoms with E-state index in [1.165, 1.54) is 0 Å². The van der Waals surface area contributed by atoms with Crippen LogP contribution in [0.25, 0.3) is 43.6 Å². The molecule has 6 heteroatoms. The van der Waals surface area contributed by atoms with Gasteiger partial charge in [0.1, 0.15) is 0 Å². The number of fused-ring (bicyclic) bond motifs is 6. The summed E-state index contributed by atoms with van der Waals surface area (Å²) < 4.78 is 0. The molecule has 36 heavy (non-hydrogen) atoms. The molecule has 2 radical (unpaired) electrons. The Bertz CT molecular complexity index is 1390. The zero-order valence-electron chi connectivity index (χ0n) is 21.3. The fourth-order valence-corrected chi connectivity index (χ4v) is 3.93. The number of hydrogen-bond donors (Lipinski definition) is 0. The van der Waals surface area contributed by atoms with Crippen molar-refractivity contribution in [3.05, 3.63) is 110 Å². The molecule has 4 heterocycles. The maximum Gasteiger partial charge on any atom is 2.00 e. The number of benzene rings is 2. The van der Waals surface area contributed by atoms with Crippen LogP contribution in [0.2, 0.25) is 0 Å². The summed E-state index contributed by atoms with van der Waals surface area (Å²) in [4.78, 5) is 18.3. The minimum Gasteiger partial charge on any atom is -0.358 e. The molecule has 0 aliphatic carbocycles. The summed E-state index contributed by atoms with van der Waals surface area (Å²) in [6, 6.07) is 24.9. The fraction of sp³-hybridized carbons (Fsp3) is 0.133. The van der Waals surface area contributed by atoms with Crippen molar-refractivity contribution in [3.8, 4) is 0 Å². The van der Waals surface area contributed by atoms with Gasteiger partial charge in [-0.3, -0.25) is 19.9 Å². The number of nitrogens with zero attached hydrogens (tertiary/aromatic N) is 4. The molecule has 0 spiro atoms. The van der Waals surface area contributed by atoms with E-state index < -0.39 is 0 Å². The summed E-state index contributed by atoms with van der Waals surface area (Å²) in [5, 5.41) is 4.60. The average molecular weight is 574 g/mol. The molecule has 6 rings (SSSR count). The first-order chi connectivity index (χ1) is 15.5. The smallest absolute Gasteiger partial charge is 0.358 e. The molecule has 0 atom stereocenters. The predicted molar refractivity (Wildman–Crippen MR) is 146 cm³/mol. The van der Waals surface area contributed by atoms with Crippen molar-refractivity contribution in [2.45, 2.75) is 27.7 Å². The van der Waals surface area contributed by atoms with E-state index in [2.05, 4.69) is 68.5 Å². The van der Waals surface area contributed by atoms with E-state index in [1.54, 1.807) is 0 Å². The zero-order chi connectivity index (χ0) is 22.2. The van der Waals surface area contributed by atoms with Crippen LogP contribution in [0.15, 0.2) is 72.8 Å². The second-order valence-electron chi connectivity index (χ2n) is 8.23. The van der Waals surface area contributed by atoms with Crippen LogP contribution in [0, 0.1) is 42.5 Å². The normalized spacial score (nSPS) is 9.89. The van der Waals surface area contributed by atoms with Crippen LogP contribution >= 0.6 is 0 Å². The SMILES string of the molecule is Cc1ccc2ccc3ccc(C)nc3c2n1.Cc1ccc2ccc3ccc(C)nc3c2n1.[CH3-].[CH3-].[Cu+2].[Cu]. The van der Waals surface area contributed by atoms with Crippen LogP contribution in [0.3, 0.4) is 0 Å². The molecule has 2 aromatic carbocycles. The second-order valence-corrected chi connectivity index (χ2v) is 8.23. The zero-order valence-corrected chi connectivity index (χ0v) is 23.2. The van der Waals surface area contributed by atoms with Gasteiger partial charge in [0.05, 0.1) is 22.1 Å². The summed E-state index contributed by atoms with van der Waals surface area (Å²) in [6.07, 6.45) is 0. The first kappa shape index (κ1) is 31.1. The molecule has 0 bridgehead atoms.